The van der Waals surface area contributed by atoms with Crippen LogP contribution in [0.3, 0.4) is 0 Å². The molecule has 37 heavy (non-hydrogen) atoms. The Bertz CT molecular complexity index is 1410. The minimum absolute atomic E-state index is 0.329. The van der Waals surface area contributed by atoms with E-state index in [0.717, 1.165) is 46.1 Å². The normalized spacial score (nSPS) is 12.3. The summed E-state index contributed by atoms with van der Waals surface area (Å²) in [6.07, 6.45) is -5.36. The van der Waals surface area contributed by atoms with Crippen LogP contribution in [-0.4, -0.2) is 26.1 Å². The quantitative estimate of drug-likeness (QED) is 0.111. The second-order valence-corrected chi connectivity index (χ2v) is 23.4. The number of pyridine rings is 2. The molecule has 0 unspecified atom stereocenters. The number of rotatable bonds is 2. The molecule has 5 rings (SSSR count). The Balaban J connectivity index is 0.000000193. The molecular formula is C26H16Cl2F6N2Sn. The molecule has 0 radical (unpaired) electrons. The molecule has 0 fully saturated rings. The first-order chi connectivity index (χ1) is 17.4. The smallest absolute Gasteiger partial charge is 0.0964 e. The molecule has 0 saturated heterocycles. The fraction of sp³-hybridized carbons (Fsp3) is 0.0769. The predicted molar refractivity (Wildman–Crippen MR) is 137 cm³/mol. The SMILES string of the molecule is FC(F)(F)c1cc[c]([Sn]([Cl])([Cl])[c]2ccc(C(F)(F)F)cc2)cc1.c1cnc2c(c1)ccc1cccnc12. The van der Waals surface area contributed by atoms with Crippen LogP contribution in [0, 0.1) is 0 Å². The molecule has 3 aromatic carbocycles. The van der Waals surface area contributed by atoms with E-state index < -0.39 is 39.6 Å². The standard InChI is InChI=1S/C12H8N2.2C7H4F3.2ClH.Sn/c1-3-9-5-6-10-4-2-8-14-12(10)11(9)13-7-1;2*8-7(9,10)6-4-2-1-3-5-6;;;/h1-8H;2*2-5H;2*1H;/q;;;;;+2/p-2. The average Bonchev–Trinajstić information content (AvgIpc) is 2.88. The zero-order valence-corrected chi connectivity index (χ0v) is 23.0. The number of nitrogens with zero attached hydrogens (tertiary/aromatic N) is 2. The van der Waals surface area contributed by atoms with Crippen molar-refractivity contribution in [3.8, 4) is 0 Å². The van der Waals surface area contributed by atoms with Crippen LogP contribution in [0.25, 0.3) is 21.8 Å². The number of benzene rings is 3. The van der Waals surface area contributed by atoms with E-state index in [-0.39, 0.29) is 0 Å². The van der Waals surface area contributed by atoms with E-state index in [2.05, 4.69) is 34.2 Å². The van der Waals surface area contributed by atoms with Crippen molar-refractivity contribution in [3.63, 3.8) is 0 Å². The molecule has 5 aromatic rings. The third kappa shape index (κ3) is 6.30. The van der Waals surface area contributed by atoms with Gasteiger partial charge in [-0.05, 0) is 12.1 Å². The molecule has 0 aliphatic heterocycles. The first-order valence-corrected chi connectivity index (χ1v) is 20.8. The van der Waals surface area contributed by atoms with Gasteiger partial charge in [-0.1, -0.05) is 24.3 Å². The maximum atomic E-state index is 12.5. The molecular weight excluding hydrogens is 644 g/mol. The average molecular weight is 660 g/mol. The Hall–Kier alpha value is -2.56. The van der Waals surface area contributed by atoms with Crippen molar-refractivity contribution < 1.29 is 26.3 Å². The Morgan fingerprint density at radius 2 is 0.865 bits per heavy atom. The third-order valence-electron chi connectivity index (χ3n) is 5.49. The Morgan fingerprint density at radius 1 is 0.514 bits per heavy atom. The molecule has 0 amide bonds. The summed E-state index contributed by atoms with van der Waals surface area (Å²) in [6.45, 7) is 0. The summed E-state index contributed by atoms with van der Waals surface area (Å²) in [6, 6.07) is 20.3. The van der Waals surface area contributed by atoms with Crippen molar-refractivity contribution in [1.82, 2.24) is 9.97 Å². The van der Waals surface area contributed by atoms with Crippen molar-refractivity contribution in [2.24, 2.45) is 0 Å². The number of fused-ring (bicyclic) bond motifs is 3. The van der Waals surface area contributed by atoms with Crippen molar-refractivity contribution in [2.75, 3.05) is 0 Å². The van der Waals surface area contributed by atoms with Gasteiger partial charge in [0, 0.05) is 23.2 Å². The summed E-state index contributed by atoms with van der Waals surface area (Å²) in [4.78, 5) is 8.69. The summed E-state index contributed by atoms with van der Waals surface area (Å²) < 4.78 is 75.9. The van der Waals surface area contributed by atoms with Gasteiger partial charge >= 0.3 is 139 Å². The van der Waals surface area contributed by atoms with Crippen LogP contribution in [0.5, 0.6) is 0 Å². The fourth-order valence-corrected chi connectivity index (χ4v) is 11.3. The van der Waals surface area contributed by atoms with Crippen LogP contribution in [0.15, 0.2) is 97.3 Å². The summed E-state index contributed by atoms with van der Waals surface area (Å²) in [7, 11) is 12.7. The van der Waals surface area contributed by atoms with Crippen LogP contribution in [0.4, 0.5) is 26.3 Å². The van der Waals surface area contributed by atoms with Crippen molar-refractivity contribution >= 4 is 62.9 Å². The van der Waals surface area contributed by atoms with Gasteiger partial charge in [0.2, 0.25) is 0 Å². The van der Waals surface area contributed by atoms with Gasteiger partial charge in [0.15, 0.2) is 0 Å². The number of hydrogen-bond acceptors (Lipinski definition) is 2. The van der Waals surface area contributed by atoms with Crippen LogP contribution in [0.1, 0.15) is 11.1 Å². The molecule has 2 heterocycles. The number of halogens is 8. The topological polar surface area (TPSA) is 25.8 Å². The predicted octanol–water partition coefficient (Wildman–Crippen LogP) is 7.54. The van der Waals surface area contributed by atoms with Crippen molar-refractivity contribution in [3.05, 3.63) is 108 Å². The zero-order valence-electron chi connectivity index (χ0n) is 18.7. The van der Waals surface area contributed by atoms with Crippen LogP contribution < -0.4 is 7.16 Å². The number of alkyl halides is 6. The zero-order chi connectivity index (χ0) is 26.8. The molecule has 0 bridgehead atoms. The molecule has 0 aliphatic carbocycles. The van der Waals surface area contributed by atoms with E-state index in [1.165, 1.54) is 24.3 Å². The maximum absolute atomic E-state index is 12.5. The van der Waals surface area contributed by atoms with Gasteiger partial charge in [0.25, 0.3) is 0 Å². The van der Waals surface area contributed by atoms with Crippen molar-refractivity contribution in [1.29, 1.82) is 0 Å². The molecule has 190 valence electrons. The molecule has 0 spiro atoms. The minimum atomic E-state index is -4.48. The van der Waals surface area contributed by atoms with Gasteiger partial charge in [-0.2, -0.15) is 0 Å². The summed E-state index contributed by atoms with van der Waals surface area (Å²) in [5, 5.41) is 2.28. The monoisotopic (exact) mass is 660 g/mol. The fourth-order valence-electron chi connectivity index (χ4n) is 3.58. The van der Waals surface area contributed by atoms with E-state index in [9.17, 15) is 26.3 Å². The van der Waals surface area contributed by atoms with E-state index in [1.807, 2.05) is 12.1 Å². The number of hydrogen-bond donors (Lipinski definition) is 0. The summed E-state index contributed by atoms with van der Waals surface area (Å²) >= 11 is -4.25. The Kier molecular flexibility index (Phi) is 7.92. The van der Waals surface area contributed by atoms with E-state index >= 15 is 0 Å². The Morgan fingerprint density at radius 3 is 1.19 bits per heavy atom. The first-order valence-electron chi connectivity index (χ1n) is 10.7. The summed E-state index contributed by atoms with van der Waals surface area (Å²) in [5.41, 5.74) is 0.268. The minimum Gasteiger partial charge on any atom is -0.254 e. The molecule has 0 N–H and O–H groups in total. The van der Waals surface area contributed by atoms with Gasteiger partial charge in [-0.15, -0.1) is 0 Å². The number of aromatic nitrogens is 2. The van der Waals surface area contributed by atoms with E-state index in [4.69, 9.17) is 17.8 Å². The third-order valence-corrected chi connectivity index (χ3v) is 17.4. The second-order valence-electron chi connectivity index (χ2n) is 7.94. The maximum Gasteiger partial charge on any atom is 0.0964 e. The van der Waals surface area contributed by atoms with E-state index in [1.54, 1.807) is 12.4 Å². The Labute approximate surface area is 219 Å². The molecule has 2 aromatic heterocycles. The molecule has 0 aliphatic rings. The van der Waals surface area contributed by atoms with Crippen LogP contribution in [-0.2, 0) is 12.4 Å². The summed E-state index contributed by atoms with van der Waals surface area (Å²) in [5.74, 6) is 0. The van der Waals surface area contributed by atoms with Gasteiger partial charge in [0.05, 0.1) is 11.0 Å². The second kappa shape index (κ2) is 10.7. The van der Waals surface area contributed by atoms with Crippen LogP contribution in [0.2, 0.25) is 0 Å². The first kappa shape index (κ1) is 27.5. The van der Waals surface area contributed by atoms with Gasteiger partial charge in [-0.25, -0.2) is 0 Å². The molecule has 0 atom stereocenters. The van der Waals surface area contributed by atoms with Gasteiger partial charge in [-0.3, -0.25) is 9.97 Å². The van der Waals surface area contributed by atoms with Crippen molar-refractivity contribution in [2.45, 2.75) is 12.4 Å². The largest absolute Gasteiger partial charge is 0.254 e. The molecule has 0 saturated carbocycles. The van der Waals surface area contributed by atoms with Crippen LogP contribution >= 0.6 is 17.8 Å². The van der Waals surface area contributed by atoms with Gasteiger partial charge in [0.1, 0.15) is 0 Å². The van der Waals surface area contributed by atoms with E-state index in [0.29, 0.717) is 7.16 Å². The van der Waals surface area contributed by atoms with Gasteiger partial charge < -0.3 is 0 Å². The molecule has 11 heteroatoms. The molecule has 2 nitrogen and oxygen atoms in total.